The summed E-state index contributed by atoms with van der Waals surface area (Å²) in [5.41, 5.74) is 2.24. The molecule has 2 rings (SSSR count). The number of nitrogens with zero attached hydrogens (tertiary/aromatic N) is 2. The number of ether oxygens (including phenoxy) is 1. The van der Waals surface area contributed by atoms with Gasteiger partial charge >= 0.3 is 0 Å². The van der Waals surface area contributed by atoms with E-state index in [2.05, 4.69) is 43.8 Å². The highest BCUT2D eigenvalue weighted by molar-refractivity contribution is 9.10. The fraction of sp³-hybridized carbons (Fsp3) is 0.400. The number of benzene rings is 1. The minimum Gasteiger partial charge on any atom is -0.382 e. The van der Waals surface area contributed by atoms with Crippen molar-refractivity contribution in [3.8, 4) is 0 Å². The number of aryl methyl sites for hydroxylation is 1. The molecule has 0 aliphatic heterocycles. The molecule has 108 valence electrons. The summed E-state index contributed by atoms with van der Waals surface area (Å²) < 4.78 is 8.57. The van der Waals surface area contributed by atoms with Crippen LogP contribution in [0.5, 0.6) is 0 Å². The number of anilines is 2. The SMILES string of the molecule is CCOCCCn1ccnc1Nc1cccc(Br)c1C. The monoisotopic (exact) mass is 337 g/mol. The Morgan fingerprint density at radius 3 is 3.05 bits per heavy atom. The summed E-state index contributed by atoms with van der Waals surface area (Å²) in [6.45, 7) is 6.54. The van der Waals surface area contributed by atoms with Crippen LogP contribution in [0.3, 0.4) is 0 Å². The predicted octanol–water partition coefficient (Wildman–Crippen LogP) is 4.12. The third-order valence-electron chi connectivity index (χ3n) is 3.12. The number of halogens is 1. The zero-order valence-corrected chi connectivity index (χ0v) is 13.5. The summed E-state index contributed by atoms with van der Waals surface area (Å²) >= 11 is 3.54. The lowest BCUT2D eigenvalue weighted by molar-refractivity contribution is 0.142. The molecule has 1 aromatic heterocycles. The summed E-state index contributed by atoms with van der Waals surface area (Å²) in [6.07, 6.45) is 4.79. The van der Waals surface area contributed by atoms with Crippen LogP contribution in [0, 0.1) is 6.92 Å². The van der Waals surface area contributed by atoms with Gasteiger partial charge in [0.15, 0.2) is 0 Å². The second-order valence-electron chi connectivity index (χ2n) is 4.53. The first kappa shape index (κ1) is 15.1. The highest BCUT2D eigenvalue weighted by Gasteiger charge is 2.06. The van der Waals surface area contributed by atoms with E-state index in [0.717, 1.165) is 42.3 Å². The maximum atomic E-state index is 5.36. The van der Waals surface area contributed by atoms with Crippen LogP contribution in [0.2, 0.25) is 0 Å². The minimum absolute atomic E-state index is 0.770. The quantitative estimate of drug-likeness (QED) is 0.772. The maximum Gasteiger partial charge on any atom is 0.207 e. The summed E-state index contributed by atoms with van der Waals surface area (Å²) in [5.74, 6) is 0.864. The molecule has 1 aromatic carbocycles. The van der Waals surface area contributed by atoms with E-state index in [4.69, 9.17) is 4.74 Å². The van der Waals surface area contributed by atoms with Gasteiger partial charge in [0.2, 0.25) is 5.95 Å². The minimum atomic E-state index is 0.770. The highest BCUT2D eigenvalue weighted by atomic mass is 79.9. The lowest BCUT2D eigenvalue weighted by Gasteiger charge is -2.12. The Morgan fingerprint density at radius 1 is 1.40 bits per heavy atom. The maximum absolute atomic E-state index is 5.36. The van der Waals surface area contributed by atoms with Crippen LogP contribution in [-0.2, 0) is 11.3 Å². The van der Waals surface area contributed by atoms with Crippen LogP contribution < -0.4 is 5.32 Å². The smallest absolute Gasteiger partial charge is 0.207 e. The van der Waals surface area contributed by atoms with Crippen LogP contribution in [0.1, 0.15) is 18.9 Å². The molecule has 0 fully saturated rings. The lowest BCUT2D eigenvalue weighted by atomic mass is 10.2. The van der Waals surface area contributed by atoms with Gasteiger partial charge in [0.05, 0.1) is 0 Å². The van der Waals surface area contributed by atoms with E-state index in [9.17, 15) is 0 Å². The fourth-order valence-corrected chi connectivity index (χ4v) is 2.32. The van der Waals surface area contributed by atoms with Crippen LogP contribution in [0.15, 0.2) is 35.1 Å². The average Bonchev–Trinajstić information content (AvgIpc) is 2.87. The summed E-state index contributed by atoms with van der Waals surface area (Å²) in [4.78, 5) is 4.38. The predicted molar refractivity (Wildman–Crippen MR) is 85.5 cm³/mol. The molecule has 0 saturated heterocycles. The summed E-state index contributed by atoms with van der Waals surface area (Å²) in [6, 6.07) is 6.11. The lowest BCUT2D eigenvalue weighted by Crippen LogP contribution is -2.06. The van der Waals surface area contributed by atoms with Gasteiger partial charge in [-0.2, -0.15) is 0 Å². The first-order valence-electron chi connectivity index (χ1n) is 6.83. The molecule has 5 heteroatoms. The molecule has 0 saturated carbocycles. The van der Waals surface area contributed by atoms with Crippen molar-refractivity contribution in [1.82, 2.24) is 9.55 Å². The molecule has 0 atom stereocenters. The Morgan fingerprint density at radius 2 is 2.25 bits per heavy atom. The molecule has 20 heavy (non-hydrogen) atoms. The van der Waals surface area contributed by atoms with E-state index in [1.165, 1.54) is 5.56 Å². The van der Waals surface area contributed by atoms with E-state index >= 15 is 0 Å². The molecule has 0 amide bonds. The molecule has 0 bridgehead atoms. The molecule has 2 aromatic rings. The van der Waals surface area contributed by atoms with E-state index < -0.39 is 0 Å². The third-order valence-corrected chi connectivity index (χ3v) is 3.98. The van der Waals surface area contributed by atoms with Gasteiger partial charge in [-0.05, 0) is 38.0 Å². The van der Waals surface area contributed by atoms with Crippen molar-refractivity contribution in [2.24, 2.45) is 0 Å². The van der Waals surface area contributed by atoms with E-state index in [-0.39, 0.29) is 0 Å². The Kier molecular flexibility index (Phi) is 5.61. The van der Waals surface area contributed by atoms with Gasteiger partial charge in [-0.15, -0.1) is 0 Å². The molecular weight excluding hydrogens is 318 g/mol. The van der Waals surface area contributed by atoms with Gasteiger partial charge in [0.25, 0.3) is 0 Å². The third kappa shape index (κ3) is 3.84. The van der Waals surface area contributed by atoms with Gasteiger partial charge in [-0.3, -0.25) is 0 Å². The van der Waals surface area contributed by atoms with Gasteiger partial charge in [-0.1, -0.05) is 22.0 Å². The first-order chi connectivity index (χ1) is 9.72. The van der Waals surface area contributed by atoms with Crippen LogP contribution in [-0.4, -0.2) is 22.8 Å². The average molecular weight is 338 g/mol. The van der Waals surface area contributed by atoms with Crippen LogP contribution in [0.25, 0.3) is 0 Å². The van der Waals surface area contributed by atoms with Gasteiger partial charge in [0, 0.05) is 42.3 Å². The van der Waals surface area contributed by atoms with Gasteiger partial charge in [-0.25, -0.2) is 4.98 Å². The van der Waals surface area contributed by atoms with Crippen molar-refractivity contribution in [2.75, 3.05) is 18.5 Å². The number of nitrogens with one attached hydrogen (secondary N) is 1. The van der Waals surface area contributed by atoms with Gasteiger partial charge < -0.3 is 14.6 Å². The standard InChI is InChI=1S/C15H20BrN3O/c1-3-20-11-5-9-19-10-8-17-15(19)18-14-7-4-6-13(16)12(14)2/h4,6-8,10H,3,5,9,11H2,1-2H3,(H,17,18). The molecule has 0 aliphatic rings. The molecule has 4 nitrogen and oxygen atoms in total. The van der Waals surface area contributed by atoms with Crippen molar-refractivity contribution in [3.63, 3.8) is 0 Å². The second-order valence-corrected chi connectivity index (χ2v) is 5.39. The number of hydrogen-bond donors (Lipinski definition) is 1. The molecular formula is C15H20BrN3O. The second kappa shape index (κ2) is 7.45. The zero-order chi connectivity index (χ0) is 14.4. The zero-order valence-electron chi connectivity index (χ0n) is 11.9. The summed E-state index contributed by atoms with van der Waals surface area (Å²) in [5, 5.41) is 3.38. The number of aromatic nitrogens is 2. The van der Waals surface area contributed by atoms with Crippen molar-refractivity contribution >= 4 is 27.6 Å². The Labute approximate surface area is 128 Å². The molecule has 0 radical (unpaired) electrons. The molecule has 0 spiro atoms. The molecule has 1 N–H and O–H groups in total. The van der Waals surface area contributed by atoms with Crippen LogP contribution >= 0.6 is 15.9 Å². The topological polar surface area (TPSA) is 39.1 Å². The largest absolute Gasteiger partial charge is 0.382 e. The Hall–Kier alpha value is -1.33. The molecule has 0 unspecified atom stereocenters. The molecule has 0 aliphatic carbocycles. The van der Waals surface area contributed by atoms with E-state index in [1.54, 1.807) is 0 Å². The number of imidazole rings is 1. The van der Waals surface area contributed by atoms with Crippen molar-refractivity contribution in [3.05, 3.63) is 40.6 Å². The highest BCUT2D eigenvalue weighted by Crippen LogP contribution is 2.25. The fourth-order valence-electron chi connectivity index (χ4n) is 1.96. The van der Waals surface area contributed by atoms with Gasteiger partial charge in [0.1, 0.15) is 0 Å². The van der Waals surface area contributed by atoms with Crippen molar-refractivity contribution in [1.29, 1.82) is 0 Å². The normalized spacial score (nSPS) is 10.8. The van der Waals surface area contributed by atoms with Crippen LogP contribution in [0.4, 0.5) is 11.6 Å². The van der Waals surface area contributed by atoms with E-state index in [1.807, 2.05) is 31.5 Å². The van der Waals surface area contributed by atoms with Crippen molar-refractivity contribution in [2.45, 2.75) is 26.8 Å². The van der Waals surface area contributed by atoms with Crippen molar-refractivity contribution < 1.29 is 4.74 Å². The summed E-state index contributed by atoms with van der Waals surface area (Å²) in [7, 11) is 0. The first-order valence-corrected chi connectivity index (χ1v) is 7.62. The Balaban J connectivity index is 2.03. The van der Waals surface area contributed by atoms with E-state index in [0.29, 0.717) is 0 Å². The molecule has 1 heterocycles. The number of rotatable bonds is 7. The Bertz CT molecular complexity index is 554. The number of hydrogen-bond acceptors (Lipinski definition) is 3.